The third-order valence-corrected chi connectivity index (χ3v) is 5.32. The van der Waals surface area contributed by atoms with Crippen molar-refractivity contribution in [3.63, 3.8) is 0 Å². The van der Waals surface area contributed by atoms with Gasteiger partial charge in [-0.2, -0.15) is 0 Å². The fourth-order valence-electron chi connectivity index (χ4n) is 3.74. The summed E-state index contributed by atoms with van der Waals surface area (Å²) < 4.78 is 7.20. The molecule has 2 heterocycles. The molecule has 0 bridgehead atoms. The summed E-state index contributed by atoms with van der Waals surface area (Å²) >= 11 is 0. The fourth-order valence-corrected chi connectivity index (χ4v) is 3.74. The maximum atomic E-state index is 12.5. The van der Waals surface area contributed by atoms with Gasteiger partial charge in [0, 0.05) is 29.3 Å². The summed E-state index contributed by atoms with van der Waals surface area (Å²) in [5, 5.41) is 3.76. The Kier molecular flexibility index (Phi) is 4.91. The Bertz CT molecular complexity index is 1430. The van der Waals surface area contributed by atoms with Crippen molar-refractivity contribution in [1.82, 2.24) is 14.4 Å². The van der Waals surface area contributed by atoms with Crippen LogP contribution in [0, 0.1) is 0 Å². The summed E-state index contributed by atoms with van der Waals surface area (Å²) in [4.78, 5) is 21.7. The topological polar surface area (TPSA) is 94.5 Å². The van der Waals surface area contributed by atoms with Gasteiger partial charge < -0.3 is 15.8 Å². The first-order valence-corrected chi connectivity index (χ1v) is 10.2. The van der Waals surface area contributed by atoms with Crippen molar-refractivity contribution >= 4 is 34.1 Å². The lowest BCUT2D eigenvalue weighted by Crippen LogP contribution is -2.11. The predicted octanol–water partition coefficient (Wildman–Crippen LogP) is 4.32. The first-order chi connectivity index (χ1) is 15.6. The van der Waals surface area contributed by atoms with Crippen molar-refractivity contribution in [2.24, 2.45) is 0 Å². The SMILES string of the molecule is COc1cccc2c1nc(N)n1cc(Cc3ccc(C(=O)Nc4ccccc4)cc3)nc21. The van der Waals surface area contributed by atoms with E-state index in [4.69, 9.17) is 15.5 Å². The molecule has 5 rings (SSSR count). The number of hydrogen-bond acceptors (Lipinski definition) is 5. The number of nitrogens with one attached hydrogen (secondary N) is 1. The molecule has 0 atom stereocenters. The van der Waals surface area contributed by atoms with Crippen molar-refractivity contribution in [1.29, 1.82) is 0 Å². The molecule has 3 aromatic carbocycles. The van der Waals surface area contributed by atoms with Crippen molar-refractivity contribution < 1.29 is 9.53 Å². The second-order valence-electron chi connectivity index (χ2n) is 7.45. The minimum absolute atomic E-state index is 0.144. The van der Waals surface area contributed by atoms with E-state index in [2.05, 4.69) is 10.3 Å². The number of carbonyl (C=O) groups excluding carboxylic acids is 1. The molecule has 0 radical (unpaired) electrons. The van der Waals surface area contributed by atoms with Crippen molar-refractivity contribution in [3.8, 4) is 5.75 Å². The van der Waals surface area contributed by atoms with E-state index >= 15 is 0 Å². The minimum atomic E-state index is -0.144. The number of rotatable bonds is 5. The third kappa shape index (κ3) is 3.60. The molecule has 5 aromatic rings. The molecule has 32 heavy (non-hydrogen) atoms. The summed E-state index contributed by atoms with van der Waals surface area (Å²) in [7, 11) is 1.61. The summed E-state index contributed by atoms with van der Waals surface area (Å²) in [5.74, 6) is 0.865. The zero-order chi connectivity index (χ0) is 22.1. The number of imidazole rings is 1. The molecule has 0 saturated carbocycles. The highest BCUT2D eigenvalue weighted by Gasteiger charge is 2.13. The van der Waals surface area contributed by atoms with Crippen LogP contribution in [0.1, 0.15) is 21.6 Å². The number of nitrogens with two attached hydrogens (primary N) is 1. The number of hydrogen-bond donors (Lipinski definition) is 2. The van der Waals surface area contributed by atoms with Gasteiger partial charge in [-0.1, -0.05) is 36.4 Å². The van der Waals surface area contributed by atoms with E-state index in [9.17, 15) is 4.79 Å². The van der Waals surface area contributed by atoms with Gasteiger partial charge in [0.2, 0.25) is 5.95 Å². The molecule has 7 heteroatoms. The summed E-state index contributed by atoms with van der Waals surface area (Å²) in [6.07, 6.45) is 2.50. The van der Waals surface area contributed by atoms with Crippen LogP contribution in [0.25, 0.3) is 16.6 Å². The van der Waals surface area contributed by atoms with Crippen LogP contribution >= 0.6 is 0 Å². The Morgan fingerprint density at radius 2 is 1.78 bits per heavy atom. The van der Waals surface area contributed by atoms with Gasteiger partial charge in [-0.25, -0.2) is 9.97 Å². The van der Waals surface area contributed by atoms with Gasteiger partial charge in [0.1, 0.15) is 16.9 Å². The molecule has 3 N–H and O–H groups in total. The zero-order valence-electron chi connectivity index (χ0n) is 17.4. The number of benzene rings is 3. The van der Waals surface area contributed by atoms with Crippen LogP contribution in [0.5, 0.6) is 5.75 Å². The number of ether oxygens (including phenoxy) is 1. The van der Waals surface area contributed by atoms with Gasteiger partial charge in [0.05, 0.1) is 12.8 Å². The smallest absolute Gasteiger partial charge is 0.255 e. The van der Waals surface area contributed by atoms with E-state index < -0.39 is 0 Å². The molecule has 0 unspecified atom stereocenters. The number of methoxy groups -OCH3 is 1. The number of aromatic nitrogens is 3. The summed E-state index contributed by atoms with van der Waals surface area (Å²) in [6.45, 7) is 0. The lowest BCUT2D eigenvalue weighted by atomic mass is 10.1. The lowest BCUT2D eigenvalue weighted by molar-refractivity contribution is 0.102. The number of nitrogens with zero attached hydrogens (tertiary/aromatic N) is 3. The normalized spacial score (nSPS) is 11.0. The van der Waals surface area contributed by atoms with E-state index in [0.717, 1.165) is 28.0 Å². The molecule has 158 valence electrons. The van der Waals surface area contributed by atoms with Gasteiger partial charge >= 0.3 is 0 Å². The zero-order valence-corrected chi connectivity index (χ0v) is 17.4. The van der Waals surface area contributed by atoms with Gasteiger partial charge in [-0.3, -0.25) is 9.20 Å². The Morgan fingerprint density at radius 1 is 1.00 bits per heavy atom. The standard InChI is InChI=1S/C25H21N5O2/c1-32-21-9-5-8-20-22(21)29-25(26)30-15-19(27-23(20)30)14-16-10-12-17(13-11-16)24(31)28-18-6-3-2-4-7-18/h2-13,15H,14H2,1H3,(H2,26,29)(H,28,31). The molecular formula is C25H21N5O2. The minimum Gasteiger partial charge on any atom is -0.494 e. The fraction of sp³-hybridized carbons (Fsp3) is 0.0800. The molecule has 0 aliphatic rings. The Labute approximate surface area is 184 Å². The molecule has 0 aliphatic carbocycles. The van der Waals surface area contributed by atoms with Crippen LogP contribution in [0.4, 0.5) is 11.6 Å². The molecule has 1 amide bonds. The molecule has 2 aromatic heterocycles. The second kappa shape index (κ2) is 8.03. The van der Waals surface area contributed by atoms with E-state index in [-0.39, 0.29) is 5.91 Å². The number of fused-ring (bicyclic) bond motifs is 3. The predicted molar refractivity (Wildman–Crippen MR) is 125 cm³/mol. The second-order valence-corrected chi connectivity index (χ2v) is 7.45. The molecule has 7 nitrogen and oxygen atoms in total. The first kappa shape index (κ1) is 19.6. The van der Waals surface area contributed by atoms with Crippen LogP contribution in [-0.2, 0) is 6.42 Å². The molecule has 0 saturated heterocycles. The maximum Gasteiger partial charge on any atom is 0.255 e. The van der Waals surface area contributed by atoms with Crippen LogP contribution < -0.4 is 15.8 Å². The van der Waals surface area contributed by atoms with Crippen LogP contribution in [0.2, 0.25) is 0 Å². The Morgan fingerprint density at radius 3 is 2.53 bits per heavy atom. The van der Waals surface area contributed by atoms with E-state index in [1.807, 2.05) is 79.0 Å². The average Bonchev–Trinajstić information content (AvgIpc) is 3.24. The number of anilines is 2. The molecular weight excluding hydrogens is 402 g/mol. The van der Waals surface area contributed by atoms with Gasteiger partial charge in [0.15, 0.2) is 0 Å². The van der Waals surface area contributed by atoms with Gasteiger partial charge in [0.25, 0.3) is 5.91 Å². The van der Waals surface area contributed by atoms with Crippen LogP contribution in [0.3, 0.4) is 0 Å². The highest BCUT2D eigenvalue weighted by Crippen LogP contribution is 2.28. The maximum absolute atomic E-state index is 12.5. The average molecular weight is 423 g/mol. The summed E-state index contributed by atoms with van der Waals surface area (Å²) in [5.41, 5.74) is 10.9. The lowest BCUT2D eigenvalue weighted by Gasteiger charge is -2.07. The third-order valence-electron chi connectivity index (χ3n) is 5.32. The van der Waals surface area contributed by atoms with Crippen molar-refractivity contribution in [2.45, 2.75) is 6.42 Å². The van der Waals surface area contributed by atoms with Crippen molar-refractivity contribution in [2.75, 3.05) is 18.2 Å². The monoisotopic (exact) mass is 423 g/mol. The van der Waals surface area contributed by atoms with E-state index in [1.54, 1.807) is 11.5 Å². The number of carbonyl (C=O) groups is 1. The van der Waals surface area contributed by atoms with E-state index in [0.29, 0.717) is 29.2 Å². The number of para-hydroxylation sites is 2. The quantitative estimate of drug-likeness (QED) is 0.439. The highest BCUT2D eigenvalue weighted by molar-refractivity contribution is 6.04. The van der Waals surface area contributed by atoms with Crippen LogP contribution in [0.15, 0.2) is 79.0 Å². The van der Waals surface area contributed by atoms with Crippen molar-refractivity contribution in [3.05, 3.63) is 95.8 Å². The molecule has 0 spiro atoms. The summed E-state index contributed by atoms with van der Waals surface area (Å²) in [6, 6.07) is 22.6. The van der Waals surface area contributed by atoms with Gasteiger partial charge in [-0.15, -0.1) is 0 Å². The van der Waals surface area contributed by atoms with Gasteiger partial charge in [-0.05, 0) is 42.0 Å². The number of nitrogen functional groups attached to an aromatic ring is 1. The van der Waals surface area contributed by atoms with Crippen LogP contribution in [-0.4, -0.2) is 27.4 Å². The largest absolute Gasteiger partial charge is 0.494 e. The Balaban J connectivity index is 1.40. The number of amides is 1. The molecule has 0 fully saturated rings. The van der Waals surface area contributed by atoms with E-state index in [1.165, 1.54) is 0 Å². The Hall–Kier alpha value is -4.39. The molecule has 0 aliphatic heterocycles. The highest BCUT2D eigenvalue weighted by atomic mass is 16.5. The first-order valence-electron chi connectivity index (χ1n) is 10.2.